The Balaban J connectivity index is 1.99. The Bertz CT molecular complexity index is 760. The molecule has 0 radical (unpaired) electrons. The van der Waals surface area contributed by atoms with Gasteiger partial charge < -0.3 is 10.6 Å². The minimum absolute atomic E-state index is 0.265. The Morgan fingerprint density at radius 1 is 1.24 bits per heavy atom. The lowest BCUT2D eigenvalue weighted by molar-refractivity contribution is -0.138. The van der Waals surface area contributed by atoms with Crippen LogP contribution >= 0.6 is 11.3 Å². The fourth-order valence-corrected chi connectivity index (χ4v) is 2.67. The van der Waals surface area contributed by atoms with E-state index >= 15 is 0 Å². The Labute approximate surface area is 144 Å². The Morgan fingerprint density at radius 3 is 2.56 bits per heavy atom. The molecular weight excluding hydrogens is 360 g/mol. The number of hydrogen-bond donors (Lipinski definition) is 2. The number of carbonyl (C=O) groups is 2. The molecular formula is C16H14F4N2O2S. The van der Waals surface area contributed by atoms with Crippen molar-refractivity contribution in [2.24, 2.45) is 0 Å². The van der Waals surface area contributed by atoms with Crippen molar-refractivity contribution >= 4 is 23.2 Å². The molecule has 0 fully saturated rings. The standard InChI is InChI=1S/C16H14F4N2O2S/c1-9(22-15(24)13-3-2-6-25-13)14(23)21-8-10-4-5-11(17)7-12(10)16(18,19)20/h2-7,9H,8H2,1H3,(H,21,23)(H,22,24)/t9-/m0/s1. The number of carbonyl (C=O) groups excluding carboxylic acids is 2. The van der Waals surface area contributed by atoms with Crippen molar-refractivity contribution in [2.75, 3.05) is 0 Å². The van der Waals surface area contributed by atoms with Crippen molar-refractivity contribution in [1.29, 1.82) is 0 Å². The molecule has 2 aromatic rings. The molecule has 0 bridgehead atoms. The van der Waals surface area contributed by atoms with Crippen molar-refractivity contribution < 1.29 is 27.2 Å². The first-order valence-electron chi connectivity index (χ1n) is 7.16. The summed E-state index contributed by atoms with van der Waals surface area (Å²) in [5.74, 6) is -2.11. The molecule has 0 saturated carbocycles. The topological polar surface area (TPSA) is 58.2 Å². The fraction of sp³-hybridized carbons (Fsp3) is 0.250. The maximum atomic E-state index is 13.0. The molecule has 0 aliphatic rings. The molecule has 1 atom stereocenters. The molecule has 134 valence electrons. The maximum absolute atomic E-state index is 13.0. The van der Waals surface area contributed by atoms with E-state index in [2.05, 4.69) is 10.6 Å². The first-order valence-corrected chi connectivity index (χ1v) is 8.04. The number of thiophene rings is 1. The van der Waals surface area contributed by atoms with Crippen LogP contribution in [0.25, 0.3) is 0 Å². The number of nitrogens with one attached hydrogen (secondary N) is 2. The summed E-state index contributed by atoms with van der Waals surface area (Å²) in [4.78, 5) is 24.2. The Hall–Kier alpha value is -2.42. The predicted octanol–water partition coefficient (Wildman–Crippen LogP) is 3.34. The molecule has 0 aliphatic carbocycles. The summed E-state index contributed by atoms with van der Waals surface area (Å²) in [5.41, 5.74) is -1.41. The summed E-state index contributed by atoms with van der Waals surface area (Å²) in [6.07, 6.45) is -4.73. The molecule has 0 unspecified atom stereocenters. The molecule has 1 aromatic carbocycles. The van der Waals surface area contributed by atoms with Crippen LogP contribution in [0, 0.1) is 5.82 Å². The van der Waals surface area contributed by atoms with Crippen LogP contribution in [-0.2, 0) is 17.5 Å². The lowest BCUT2D eigenvalue weighted by Crippen LogP contribution is -2.44. The van der Waals surface area contributed by atoms with Gasteiger partial charge in [0.05, 0.1) is 10.4 Å². The molecule has 9 heteroatoms. The maximum Gasteiger partial charge on any atom is 0.416 e. The molecule has 0 aliphatic heterocycles. The summed E-state index contributed by atoms with van der Waals surface area (Å²) >= 11 is 1.20. The highest BCUT2D eigenvalue weighted by molar-refractivity contribution is 7.12. The molecule has 2 amide bonds. The average molecular weight is 374 g/mol. The van der Waals surface area contributed by atoms with Gasteiger partial charge in [0.15, 0.2) is 0 Å². The summed E-state index contributed by atoms with van der Waals surface area (Å²) in [7, 11) is 0. The smallest absolute Gasteiger partial charge is 0.350 e. The van der Waals surface area contributed by atoms with Crippen LogP contribution in [0.1, 0.15) is 27.7 Å². The van der Waals surface area contributed by atoms with Crippen LogP contribution in [0.2, 0.25) is 0 Å². The van der Waals surface area contributed by atoms with Gasteiger partial charge in [0.1, 0.15) is 11.9 Å². The SMILES string of the molecule is C[C@H](NC(=O)c1cccs1)C(=O)NCc1ccc(F)cc1C(F)(F)F. The number of hydrogen-bond acceptors (Lipinski definition) is 3. The molecule has 1 heterocycles. The van der Waals surface area contributed by atoms with Gasteiger partial charge >= 0.3 is 6.18 Å². The van der Waals surface area contributed by atoms with E-state index < -0.39 is 42.0 Å². The number of halogens is 4. The minimum atomic E-state index is -4.73. The van der Waals surface area contributed by atoms with Gasteiger partial charge in [-0.15, -0.1) is 11.3 Å². The summed E-state index contributed by atoms with van der Waals surface area (Å²) in [5, 5.41) is 6.46. The van der Waals surface area contributed by atoms with Gasteiger partial charge in [0.25, 0.3) is 5.91 Å². The second kappa shape index (κ2) is 7.64. The van der Waals surface area contributed by atoms with Crippen LogP contribution in [0.3, 0.4) is 0 Å². The third-order valence-electron chi connectivity index (χ3n) is 3.32. The van der Waals surface area contributed by atoms with Gasteiger partial charge in [-0.2, -0.15) is 13.2 Å². The molecule has 4 nitrogen and oxygen atoms in total. The summed E-state index contributed by atoms with van der Waals surface area (Å²) in [6.45, 7) is 0.976. The normalized spacial score (nSPS) is 12.5. The number of benzene rings is 1. The van der Waals surface area contributed by atoms with E-state index in [4.69, 9.17) is 0 Å². The summed E-state index contributed by atoms with van der Waals surface area (Å²) < 4.78 is 51.8. The van der Waals surface area contributed by atoms with Crippen LogP contribution in [-0.4, -0.2) is 17.9 Å². The van der Waals surface area contributed by atoms with E-state index in [0.717, 1.165) is 12.1 Å². The van der Waals surface area contributed by atoms with E-state index in [1.807, 2.05) is 0 Å². The molecule has 0 saturated heterocycles. The molecule has 25 heavy (non-hydrogen) atoms. The predicted molar refractivity (Wildman–Crippen MR) is 84.5 cm³/mol. The zero-order valence-corrected chi connectivity index (χ0v) is 13.8. The van der Waals surface area contributed by atoms with Crippen molar-refractivity contribution in [3.8, 4) is 0 Å². The first kappa shape index (κ1) is 18.9. The van der Waals surface area contributed by atoms with E-state index in [1.165, 1.54) is 18.3 Å². The largest absolute Gasteiger partial charge is 0.416 e. The van der Waals surface area contributed by atoms with Crippen LogP contribution in [0.4, 0.5) is 17.6 Å². The minimum Gasteiger partial charge on any atom is -0.350 e. The Kier molecular flexibility index (Phi) is 5.78. The number of rotatable bonds is 5. The lowest BCUT2D eigenvalue weighted by Gasteiger charge is -2.16. The Morgan fingerprint density at radius 2 is 1.96 bits per heavy atom. The third kappa shape index (κ3) is 5.02. The van der Waals surface area contributed by atoms with E-state index in [9.17, 15) is 27.2 Å². The highest BCUT2D eigenvalue weighted by Crippen LogP contribution is 2.32. The van der Waals surface area contributed by atoms with E-state index in [0.29, 0.717) is 10.9 Å². The van der Waals surface area contributed by atoms with E-state index in [1.54, 1.807) is 17.5 Å². The van der Waals surface area contributed by atoms with Crippen molar-refractivity contribution in [3.63, 3.8) is 0 Å². The van der Waals surface area contributed by atoms with Gasteiger partial charge in [-0.1, -0.05) is 12.1 Å². The van der Waals surface area contributed by atoms with Gasteiger partial charge in [-0.05, 0) is 36.1 Å². The van der Waals surface area contributed by atoms with Gasteiger partial charge in [0, 0.05) is 6.54 Å². The quantitative estimate of drug-likeness (QED) is 0.789. The zero-order chi connectivity index (χ0) is 18.6. The van der Waals surface area contributed by atoms with Crippen molar-refractivity contribution in [1.82, 2.24) is 10.6 Å². The molecule has 0 spiro atoms. The van der Waals surface area contributed by atoms with Gasteiger partial charge in [-0.3, -0.25) is 9.59 Å². The highest BCUT2D eigenvalue weighted by atomic mass is 32.1. The third-order valence-corrected chi connectivity index (χ3v) is 4.18. The average Bonchev–Trinajstić information content (AvgIpc) is 3.06. The van der Waals surface area contributed by atoms with E-state index in [-0.39, 0.29) is 5.56 Å². The highest BCUT2D eigenvalue weighted by Gasteiger charge is 2.33. The molecule has 1 aromatic heterocycles. The second-order valence-corrected chi connectivity index (χ2v) is 6.14. The van der Waals surface area contributed by atoms with Crippen LogP contribution < -0.4 is 10.6 Å². The lowest BCUT2D eigenvalue weighted by atomic mass is 10.1. The fourth-order valence-electron chi connectivity index (χ4n) is 2.04. The number of alkyl halides is 3. The molecule has 2 N–H and O–H groups in total. The monoisotopic (exact) mass is 374 g/mol. The zero-order valence-electron chi connectivity index (χ0n) is 13.0. The van der Waals surface area contributed by atoms with Crippen LogP contribution in [0.15, 0.2) is 35.7 Å². The summed E-state index contributed by atoms with van der Waals surface area (Å²) in [6, 6.07) is 4.55. The van der Waals surface area contributed by atoms with Gasteiger partial charge in [0.2, 0.25) is 5.91 Å². The second-order valence-electron chi connectivity index (χ2n) is 5.19. The number of amides is 2. The van der Waals surface area contributed by atoms with Crippen molar-refractivity contribution in [3.05, 3.63) is 57.5 Å². The molecule has 2 rings (SSSR count). The van der Waals surface area contributed by atoms with Gasteiger partial charge in [-0.25, -0.2) is 4.39 Å². The van der Waals surface area contributed by atoms with Crippen LogP contribution in [0.5, 0.6) is 0 Å². The van der Waals surface area contributed by atoms with Crippen molar-refractivity contribution in [2.45, 2.75) is 25.7 Å². The first-order chi connectivity index (χ1) is 11.7.